The highest BCUT2D eigenvalue weighted by atomic mass is 16.7. The Morgan fingerprint density at radius 3 is 2.12 bits per heavy atom. The molecule has 0 radical (unpaired) electrons. The van der Waals surface area contributed by atoms with Gasteiger partial charge in [-0.25, -0.2) is 4.90 Å². The van der Waals surface area contributed by atoms with Gasteiger partial charge in [0.15, 0.2) is 5.60 Å². The second-order valence-corrected chi connectivity index (χ2v) is 8.27. The summed E-state index contributed by atoms with van der Waals surface area (Å²) in [5.74, 6) is -4.09. The lowest BCUT2D eigenvalue weighted by atomic mass is 9.76. The van der Waals surface area contributed by atoms with Crippen molar-refractivity contribution in [3.63, 3.8) is 0 Å². The van der Waals surface area contributed by atoms with E-state index >= 15 is 0 Å². The molecule has 0 spiro atoms. The van der Waals surface area contributed by atoms with Gasteiger partial charge in [-0.3, -0.25) is 19.2 Å². The second-order valence-electron chi connectivity index (χ2n) is 8.27. The SMILES string of the molecule is CC(=O)OC(OC(C)=O)[C@]12C=C[C@H](O1)[C@@H]1C(=O)N(c3ccc(-c4ccccc4)cc3)C(=O)[C@@H]12. The first-order valence-corrected chi connectivity index (χ1v) is 10.6. The predicted octanol–water partition coefficient (Wildman–Crippen LogP) is 2.62. The Morgan fingerprint density at radius 1 is 0.909 bits per heavy atom. The smallest absolute Gasteiger partial charge is 0.305 e. The van der Waals surface area contributed by atoms with Gasteiger partial charge in [0.2, 0.25) is 11.8 Å². The quantitative estimate of drug-likeness (QED) is 0.301. The molecule has 3 aliphatic heterocycles. The molecule has 8 nitrogen and oxygen atoms in total. The van der Waals surface area contributed by atoms with Crippen LogP contribution in [0.15, 0.2) is 66.7 Å². The summed E-state index contributed by atoms with van der Waals surface area (Å²) in [6.07, 6.45) is 1.03. The number of carbonyl (C=O) groups excluding carboxylic acids is 4. The number of benzene rings is 2. The van der Waals surface area contributed by atoms with E-state index in [1.54, 1.807) is 24.3 Å². The summed E-state index contributed by atoms with van der Waals surface area (Å²) in [7, 11) is 0. The van der Waals surface area contributed by atoms with Crippen molar-refractivity contribution in [3.05, 3.63) is 66.7 Å². The van der Waals surface area contributed by atoms with Crippen LogP contribution >= 0.6 is 0 Å². The Labute approximate surface area is 189 Å². The van der Waals surface area contributed by atoms with E-state index in [1.165, 1.54) is 0 Å². The number of esters is 2. The molecule has 2 fully saturated rings. The Kier molecular flexibility index (Phi) is 4.90. The van der Waals surface area contributed by atoms with Crippen LogP contribution < -0.4 is 4.90 Å². The molecule has 33 heavy (non-hydrogen) atoms. The first-order valence-electron chi connectivity index (χ1n) is 10.6. The van der Waals surface area contributed by atoms with Gasteiger partial charge in [-0.1, -0.05) is 48.5 Å². The molecule has 0 N–H and O–H groups in total. The molecule has 0 unspecified atom stereocenters. The van der Waals surface area contributed by atoms with Crippen molar-refractivity contribution in [2.24, 2.45) is 11.8 Å². The molecule has 3 aliphatic rings. The fourth-order valence-electron chi connectivity index (χ4n) is 4.90. The van der Waals surface area contributed by atoms with Crippen LogP contribution in [0.4, 0.5) is 5.69 Å². The summed E-state index contributed by atoms with van der Waals surface area (Å²) < 4.78 is 16.4. The summed E-state index contributed by atoms with van der Waals surface area (Å²) in [5.41, 5.74) is 0.841. The van der Waals surface area contributed by atoms with Gasteiger partial charge in [-0.05, 0) is 29.3 Å². The van der Waals surface area contributed by atoms with E-state index in [0.717, 1.165) is 29.9 Å². The number of amides is 2. The van der Waals surface area contributed by atoms with Crippen LogP contribution in [0.2, 0.25) is 0 Å². The van der Waals surface area contributed by atoms with Crippen molar-refractivity contribution in [1.29, 1.82) is 0 Å². The standard InChI is InChI=1S/C25H21NO7/c1-14(27)31-24(32-15(2)28)25-13-12-19(33-25)20-21(25)23(30)26(22(20)29)18-10-8-17(9-11-18)16-6-4-3-5-7-16/h3-13,19-21,24H,1-2H3/t19-,20-,21+,25+/m0/s1. The van der Waals surface area contributed by atoms with Crippen molar-refractivity contribution in [1.82, 2.24) is 0 Å². The average Bonchev–Trinajstić information content (AvgIpc) is 3.44. The fraction of sp³-hybridized carbons (Fsp3) is 0.280. The second kappa shape index (κ2) is 7.67. The third-order valence-electron chi connectivity index (χ3n) is 6.22. The van der Waals surface area contributed by atoms with E-state index in [2.05, 4.69) is 0 Å². The third kappa shape index (κ3) is 3.25. The van der Waals surface area contributed by atoms with E-state index in [4.69, 9.17) is 14.2 Å². The average molecular weight is 447 g/mol. The van der Waals surface area contributed by atoms with Gasteiger partial charge >= 0.3 is 11.9 Å². The van der Waals surface area contributed by atoms with E-state index in [9.17, 15) is 19.2 Å². The van der Waals surface area contributed by atoms with E-state index in [1.807, 2.05) is 42.5 Å². The lowest BCUT2D eigenvalue weighted by Crippen LogP contribution is -2.52. The highest BCUT2D eigenvalue weighted by Crippen LogP contribution is 2.54. The molecule has 4 atom stereocenters. The van der Waals surface area contributed by atoms with Gasteiger partial charge in [-0.15, -0.1) is 0 Å². The van der Waals surface area contributed by atoms with Crippen molar-refractivity contribution in [2.45, 2.75) is 31.8 Å². The largest absolute Gasteiger partial charge is 0.422 e. The van der Waals surface area contributed by atoms with Crippen LogP contribution in [-0.4, -0.2) is 41.7 Å². The number of imide groups is 1. The molecule has 0 aromatic heterocycles. The maximum absolute atomic E-state index is 13.5. The summed E-state index contributed by atoms with van der Waals surface area (Å²) in [6, 6.07) is 16.9. The number of fused-ring (bicyclic) bond motifs is 5. The fourth-order valence-corrected chi connectivity index (χ4v) is 4.90. The van der Waals surface area contributed by atoms with E-state index in [0.29, 0.717) is 5.69 Å². The zero-order valence-electron chi connectivity index (χ0n) is 18.0. The number of ether oxygens (including phenoxy) is 3. The number of hydrogen-bond acceptors (Lipinski definition) is 7. The van der Waals surface area contributed by atoms with Crippen molar-refractivity contribution in [2.75, 3.05) is 4.90 Å². The molecule has 8 heteroatoms. The Bertz CT molecular complexity index is 1160. The van der Waals surface area contributed by atoms with E-state index in [-0.39, 0.29) is 0 Å². The molecule has 168 valence electrons. The normalized spacial score (nSPS) is 27.2. The van der Waals surface area contributed by atoms with Crippen molar-refractivity contribution < 1.29 is 33.4 Å². The third-order valence-corrected chi connectivity index (χ3v) is 6.22. The van der Waals surface area contributed by atoms with Gasteiger partial charge in [0, 0.05) is 13.8 Å². The number of anilines is 1. The van der Waals surface area contributed by atoms with Crippen molar-refractivity contribution >= 4 is 29.4 Å². The van der Waals surface area contributed by atoms with Gasteiger partial charge in [-0.2, -0.15) is 0 Å². The van der Waals surface area contributed by atoms with Crippen LogP contribution in [-0.2, 0) is 33.4 Å². The molecule has 3 heterocycles. The minimum Gasteiger partial charge on any atom is -0.422 e. The monoisotopic (exact) mass is 447 g/mol. The molecule has 2 bridgehead atoms. The minimum atomic E-state index is -1.56. The Morgan fingerprint density at radius 2 is 1.52 bits per heavy atom. The van der Waals surface area contributed by atoms with E-state index < -0.39 is 53.6 Å². The van der Waals surface area contributed by atoms with Crippen LogP contribution in [0.5, 0.6) is 0 Å². The molecule has 0 saturated carbocycles. The summed E-state index contributed by atoms with van der Waals surface area (Å²) in [5, 5.41) is 0. The zero-order valence-corrected chi connectivity index (χ0v) is 18.0. The van der Waals surface area contributed by atoms with Gasteiger partial charge in [0.05, 0.1) is 23.6 Å². The Hall–Kier alpha value is -3.78. The molecule has 2 saturated heterocycles. The zero-order chi connectivity index (χ0) is 23.3. The molecule has 0 aliphatic carbocycles. The minimum absolute atomic E-state index is 0.405. The van der Waals surface area contributed by atoms with Gasteiger partial charge < -0.3 is 14.2 Å². The topological polar surface area (TPSA) is 99.2 Å². The lowest BCUT2D eigenvalue weighted by molar-refractivity contribution is -0.226. The maximum atomic E-state index is 13.5. The maximum Gasteiger partial charge on any atom is 0.305 e. The number of rotatable bonds is 5. The molecule has 2 aromatic rings. The summed E-state index contributed by atoms with van der Waals surface area (Å²) in [4.78, 5) is 51.4. The van der Waals surface area contributed by atoms with Crippen molar-refractivity contribution in [3.8, 4) is 11.1 Å². The molecular weight excluding hydrogens is 426 g/mol. The first kappa shape index (κ1) is 21.1. The Balaban J connectivity index is 1.48. The van der Waals surface area contributed by atoms with Crippen LogP contribution in [0.25, 0.3) is 11.1 Å². The predicted molar refractivity (Wildman–Crippen MR) is 115 cm³/mol. The number of hydrogen-bond donors (Lipinski definition) is 0. The van der Waals surface area contributed by atoms with Gasteiger partial charge in [0.25, 0.3) is 6.29 Å². The van der Waals surface area contributed by atoms with Crippen LogP contribution in [0.1, 0.15) is 13.8 Å². The van der Waals surface area contributed by atoms with Gasteiger partial charge in [0.1, 0.15) is 0 Å². The first-order chi connectivity index (χ1) is 15.8. The van der Waals surface area contributed by atoms with Crippen LogP contribution in [0, 0.1) is 11.8 Å². The number of carbonyl (C=O) groups is 4. The molecular formula is C25H21NO7. The van der Waals surface area contributed by atoms with Crippen LogP contribution in [0.3, 0.4) is 0 Å². The molecule has 2 aromatic carbocycles. The lowest BCUT2D eigenvalue weighted by Gasteiger charge is -2.34. The summed E-state index contributed by atoms with van der Waals surface area (Å²) >= 11 is 0. The highest BCUT2D eigenvalue weighted by Gasteiger charge is 2.72. The highest BCUT2D eigenvalue weighted by molar-refractivity contribution is 6.23. The number of nitrogens with zero attached hydrogens (tertiary/aromatic N) is 1. The molecule has 5 rings (SSSR count). The summed E-state index contributed by atoms with van der Waals surface area (Å²) in [6.45, 7) is 2.33. The molecule has 2 amide bonds.